The molecule has 1 fully saturated rings. The van der Waals surface area contributed by atoms with E-state index in [0.717, 1.165) is 23.1 Å². The normalized spacial score (nSPS) is 29.0. The third-order valence-electron chi connectivity index (χ3n) is 3.66. The van der Waals surface area contributed by atoms with Gasteiger partial charge in [-0.1, -0.05) is 26.0 Å². The van der Waals surface area contributed by atoms with Crippen LogP contribution in [0.3, 0.4) is 0 Å². The molecule has 2 unspecified atom stereocenters. The topological polar surface area (TPSA) is 32.3 Å². The maximum atomic E-state index is 9.12. The second-order valence-electron chi connectivity index (χ2n) is 5.62. The van der Waals surface area contributed by atoms with Crippen LogP contribution >= 0.6 is 0 Å². The van der Waals surface area contributed by atoms with Gasteiger partial charge in [0.25, 0.3) is 0 Å². The summed E-state index contributed by atoms with van der Waals surface area (Å²) in [6.45, 7) is 4.80. The molecular formula is C15H23NO. The Bertz CT molecular complexity index is 354. The standard InChI is InChI=1S/C15H23NO/c1-11-6-12(2)8-15(7-11)16-14-5-3-4-13(9-14)10-17/h3-5,9,11-12,15-17H,6-8,10H2,1-2H3. The van der Waals surface area contributed by atoms with Crippen molar-refractivity contribution in [2.75, 3.05) is 5.32 Å². The average molecular weight is 233 g/mol. The average Bonchev–Trinajstić information content (AvgIpc) is 2.28. The van der Waals surface area contributed by atoms with Crippen molar-refractivity contribution < 1.29 is 5.11 Å². The molecule has 2 heteroatoms. The van der Waals surface area contributed by atoms with Crippen molar-refractivity contribution in [3.8, 4) is 0 Å². The van der Waals surface area contributed by atoms with E-state index in [4.69, 9.17) is 5.11 Å². The summed E-state index contributed by atoms with van der Waals surface area (Å²) in [5.41, 5.74) is 2.12. The van der Waals surface area contributed by atoms with Crippen molar-refractivity contribution in [1.29, 1.82) is 0 Å². The highest BCUT2D eigenvalue weighted by Crippen LogP contribution is 2.30. The van der Waals surface area contributed by atoms with Crippen LogP contribution < -0.4 is 5.32 Å². The Labute approximate surface area is 104 Å². The maximum Gasteiger partial charge on any atom is 0.0682 e. The molecule has 0 heterocycles. The van der Waals surface area contributed by atoms with E-state index in [1.165, 1.54) is 19.3 Å². The maximum absolute atomic E-state index is 9.12. The zero-order valence-electron chi connectivity index (χ0n) is 10.8. The highest BCUT2D eigenvalue weighted by atomic mass is 16.3. The second kappa shape index (κ2) is 5.54. The van der Waals surface area contributed by atoms with E-state index in [9.17, 15) is 0 Å². The van der Waals surface area contributed by atoms with Gasteiger partial charge in [-0.25, -0.2) is 0 Å². The second-order valence-corrected chi connectivity index (χ2v) is 5.62. The van der Waals surface area contributed by atoms with Crippen molar-refractivity contribution in [3.63, 3.8) is 0 Å². The Kier molecular flexibility index (Phi) is 4.06. The number of hydrogen-bond donors (Lipinski definition) is 2. The first-order valence-electron chi connectivity index (χ1n) is 6.63. The molecule has 1 aromatic rings. The van der Waals surface area contributed by atoms with Crippen LogP contribution in [0.15, 0.2) is 24.3 Å². The first-order valence-corrected chi connectivity index (χ1v) is 6.63. The van der Waals surface area contributed by atoms with Crippen LogP contribution in [0, 0.1) is 11.8 Å². The molecule has 1 aliphatic carbocycles. The van der Waals surface area contributed by atoms with E-state index in [1.54, 1.807) is 0 Å². The molecule has 2 atom stereocenters. The van der Waals surface area contributed by atoms with Crippen LogP contribution in [-0.4, -0.2) is 11.1 Å². The summed E-state index contributed by atoms with van der Waals surface area (Å²) in [6.07, 6.45) is 3.87. The van der Waals surface area contributed by atoms with Crippen LogP contribution in [0.25, 0.3) is 0 Å². The third-order valence-corrected chi connectivity index (χ3v) is 3.66. The smallest absolute Gasteiger partial charge is 0.0682 e. The van der Waals surface area contributed by atoms with Crippen molar-refractivity contribution in [1.82, 2.24) is 0 Å². The number of aliphatic hydroxyl groups is 1. The summed E-state index contributed by atoms with van der Waals surface area (Å²) in [7, 11) is 0. The molecular weight excluding hydrogens is 210 g/mol. The van der Waals surface area contributed by atoms with Crippen LogP contribution in [0.1, 0.15) is 38.7 Å². The molecule has 94 valence electrons. The third kappa shape index (κ3) is 3.47. The zero-order chi connectivity index (χ0) is 12.3. The molecule has 1 saturated carbocycles. The zero-order valence-corrected chi connectivity index (χ0v) is 10.8. The molecule has 0 saturated heterocycles. The van der Waals surface area contributed by atoms with Gasteiger partial charge < -0.3 is 10.4 Å². The minimum atomic E-state index is 0.118. The fourth-order valence-corrected chi connectivity index (χ4v) is 3.06. The predicted octanol–water partition coefficient (Wildman–Crippen LogP) is 3.42. The lowest BCUT2D eigenvalue weighted by Crippen LogP contribution is -2.30. The number of rotatable bonds is 3. The SMILES string of the molecule is CC1CC(C)CC(Nc2cccc(CO)c2)C1. The summed E-state index contributed by atoms with van der Waals surface area (Å²) in [4.78, 5) is 0. The van der Waals surface area contributed by atoms with Crippen molar-refractivity contribution >= 4 is 5.69 Å². The fraction of sp³-hybridized carbons (Fsp3) is 0.600. The van der Waals surface area contributed by atoms with Gasteiger partial charge in [0.2, 0.25) is 0 Å². The van der Waals surface area contributed by atoms with Crippen LogP contribution in [-0.2, 0) is 6.61 Å². The van der Waals surface area contributed by atoms with E-state index in [0.29, 0.717) is 6.04 Å². The monoisotopic (exact) mass is 233 g/mol. The number of benzene rings is 1. The van der Waals surface area contributed by atoms with E-state index in [1.807, 2.05) is 18.2 Å². The molecule has 0 spiro atoms. The van der Waals surface area contributed by atoms with Gasteiger partial charge in [-0.15, -0.1) is 0 Å². The van der Waals surface area contributed by atoms with Crippen LogP contribution in [0.2, 0.25) is 0 Å². The van der Waals surface area contributed by atoms with E-state index in [2.05, 4.69) is 25.2 Å². The lowest BCUT2D eigenvalue weighted by Gasteiger charge is -2.32. The molecule has 2 rings (SSSR count). The van der Waals surface area contributed by atoms with Gasteiger partial charge in [0.15, 0.2) is 0 Å². The Balaban J connectivity index is 1.99. The van der Waals surface area contributed by atoms with Crippen molar-refractivity contribution in [2.24, 2.45) is 11.8 Å². The number of hydrogen-bond acceptors (Lipinski definition) is 2. The van der Waals surface area contributed by atoms with E-state index < -0.39 is 0 Å². The molecule has 0 amide bonds. The first-order chi connectivity index (χ1) is 8.17. The van der Waals surface area contributed by atoms with Gasteiger partial charge in [0.1, 0.15) is 0 Å². The Morgan fingerprint density at radius 2 is 1.88 bits per heavy atom. The first kappa shape index (κ1) is 12.4. The molecule has 0 radical (unpaired) electrons. The number of aliphatic hydroxyl groups excluding tert-OH is 1. The lowest BCUT2D eigenvalue weighted by atomic mass is 9.80. The summed E-state index contributed by atoms with van der Waals surface area (Å²) >= 11 is 0. The predicted molar refractivity (Wildman–Crippen MR) is 72.0 cm³/mol. The minimum absolute atomic E-state index is 0.118. The van der Waals surface area contributed by atoms with Gasteiger partial charge in [-0.3, -0.25) is 0 Å². The summed E-state index contributed by atoms with van der Waals surface area (Å²) in [5.74, 6) is 1.63. The van der Waals surface area contributed by atoms with Gasteiger partial charge >= 0.3 is 0 Å². The molecule has 0 aliphatic heterocycles. The molecule has 1 aromatic carbocycles. The highest BCUT2D eigenvalue weighted by molar-refractivity contribution is 5.46. The van der Waals surface area contributed by atoms with Crippen LogP contribution in [0.4, 0.5) is 5.69 Å². The summed E-state index contributed by atoms with van der Waals surface area (Å²) < 4.78 is 0. The van der Waals surface area contributed by atoms with E-state index >= 15 is 0 Å². The van der Waals surface area contributed by atoms with Crippen LogP contribution in [0.5, 0.6) is 0 Å². The van der Waals surface area contributed by atoms with Gasteiger partial charge in [-0.05, 0) is 48.8 Å². The Morgan fingerprint density at radius 1 is 1.18 bits per heavy atom. The van der Waals surface area contributed by atoms with E-state index in [-0.39, 0.29) is 6.61 Å². The Hall–Kier alpha value is -1.02. The van der Waals surface area contributed by atoms with Gasteiger partial charge in [0.05, 0.1) is 6.61 Å². The molecule has 2 N–H and O–H groups in total. The van der Waals surface area contributed by atoms with Crippen molar-refractivity contribution in [3.05, 3.63) is 29.8 Å². The molecule has 0 bridgehead atoms. The quantitative estimate of drug-likeness (QED) is 0.838. The summed E-state index contributed by atoms with van der Waals surface area (Å²) in [5, 5.41) is 12.7. The number of nitrogens with one attached hydrogen (secondary N) is 1. The molecule has 2 nitrogen and oxygen atoms in total. The Morgan fingerprint density at radius 3 is 2.53 bits per heavy atom. The lowest BCUT2D eigenvalue weighted by molar-refractivity contribution is 0.279. The molecule has 0 aromatic heterocycles. The largest absolute Gasteiger partial charge is 0.392 e. The number of anilines is 1. The minimum Gasteiger partial charge on any atom is -0.392 e. The molecule has 1 aliphatic rings. The molecule has 17 heavy (non-hydrogen) atoms. The van der Waals surface area contributed by atoms with Gasteiger partial charge in [0, 0.05) is 11.7 Å². The van der Waals surface area contributed by atoms with Gasteiger partial charge in [-0.2, -0.15) is 0 Å². The van der Waals surface area contributed by atoms with Crippen molar-refractivity contribution in [2.45, 2.75) is 45.8 Å². The fourth-order valence-electron chi connectivity index (χ4n) is 3.06. The highest BCUT2D eigenvalue weighted by Gasteiger charge is 2.23. The summed E-state index contributed by atoms with van der Waals surface area (Å²) in [6, 6.07) is 8.68.